The summed E-state index contributed by atoms with van der Waals surface area (Å²) in [7, 11) is 3.79. The Hall–Kier alpha value is -1.48. The highest BCUT2D eigenvalue weighted by molar-refractivity contribution is 6.34. The van der Waals surface area contributed by atoms with Crippen molar-refractivity contribution in [1.29, 1.82) is 0 Å². The molecule has 1 N–H and O–H groups in total. The molecule has 0 saturated heterocycles. The predicted molar refractivity (Wildman–Crippen MR) is 78.5 cm³/mol. The molecule has 0 aliphatic carbocycles. The normalized spacial score (nSPS) is 11.3. The summed E-state index contributed by atoms with van der Waals surface area (Å²) in [6, 6.07) is 5.48. The smallest absolute Gasteiger partial charge is 0.251 e. The maximum atomic E-state index is 11.9. The second-order valence-corrected chi connectivity index (χ2v) is 4.69. The van der Waals surface area contributed by atoms with Crippen molar-refractivity contribution >= 4 is 28.9 Å². The molecule has 0 aromatic heterocycles. The molecule has 3 nitrogen and oxygen atoms in total. The van der Waals surface area contributed by atoms with Gasteiger partial charge in [0.1, 0.15) is 0 Å². The van der Waals surface area contributed by atoms with Gasteiger partial charge >= 0.3 is 0 Å². The van der Waals surface area contributed by atoms with E-state index in [1.807, 2.05) is 44.1 Å². The van der Waals surface area contributed by atoms with Crippen molar-refractivity contribution in [3.8, 4) is 0 Å². The van der Waals surface area contributed by atoms with E-state index in [2.05, 4.69) is 5.32 Å². The average Bonchev–Trinajstić information content (AvgIpc) is 2.28. The Balaban J connectivity index is 3.02. The Labute approximate surface area is 113 Å². The van der Waals surface area contributed by atoms with Gasteiger partial charge in [0.05, 0.1) is 16.4 Å². The van der Waals surface area contributed by atoms with Crippen LogP contribution in [0.1, 0.15) is 20.3 Å². The Morgan fingerprint density at radius 1 is 1.44 bits per heavy atom. The Bertz CT molecular complexity index is 467. The number of nitrogens with zero attached hydrogens (tertiary/aromatic N) is 1. The van der Waals surface area contributed by atoms with E-state index in [-0.39, 0.29) is 5.91 Å². The summed E-state index contributed by atoms with van der Waals surface area (Å²) in [4.78, 5) is 13.8. The summed E-state index contributed by atoms with van der Waals surface area (Å²) < 4.78 is 0. The van der Waals surface area contributed by atoms with Crippen LogP contribution >= 0.6 is 11.6 Å². The summed E-state index contributed by atoms with van der Waals surface area (Å²) in [5, 5.41) is 3.50. The van der Waals surface area contributed by atoms with E-state index in [1.54, 1.807) is 13.0 Å². The van der Waals surface area contributed by atoms with E-state index in [0.717, 1.165) is 17.8 Å². The lowest BCUT2D eigenvalue weighted by Crippen LogP contribution is -2.17. The van der Waals surface area contributed by atoms with Crippen molar-refractivity contribution in [3.63, 3.8) is 0 Å². The van der Waals surface area contributed by atoms with Crippen LogP contribution in [0, 0.1) is 0 Å². The van der Waals surface area contributed by atoms with Gasteiger partial charge in [-0.3, -0.25) is 4.79 Å². The van der Waals surface area contributed by atoms with Gasteiger partial charge in [0.15, 0.2) is 0 Å². The van der Waals surface area contributed by atoms with Gasteiger partial charge in [-0.1, -0.05) is 30.7 Å². The summed E-state index contributed by atoms with van der Waals surface area (Å²) in [5.41, 5.74) is 2.25. The maximum absolute atomic E-state index is 11.9. The van der Waals surface area contributed by atoms with Crippen molar-refractivity contribution in [2.24, 2.45) is 0 Å². The molecule has 0 aliphatic heterocycles. The summed E-state index contributed by atoms with van der Waals surface area (Å²) in [6.45, 7) is 3.81. The number of halogens is 1. The van der Waals surface area contributed by atoms with Crippen molar-refractivity contribution in [1.82, 2.24) is 0 Å². The number of carbonyl (C=O) groups excluding carboxylic acids is 1. The molecule has 0 atom stereocenters. The minimum Gasteiger partial charge on any atom is -0.375 e. The topological polar surface area (TPSA) is 32.3 Å². The van der Waals surface area contributed by atoms with E-state index in [9.17, 15) is 4.79 Å². The van der Waals surface area contributed by atoms with Crippen LogP contribution in [0.3, 0.4) is 0 Å². The van der Waals surface area contributed by atoms with E-state index in [0.29, 0.717) is 10.6 Å². The molecule has 4 heteroatoms. The van der Waals surface area contributed by atoms with Crippen molar-refractivity contribution in [2.45, 2.75) is 20.3 Å². The first-order valence-corrected chi connectivity index (χ1v) is 6.29. The monoisotopic (exact) mass is 266 g/mol. The molecular formula is C14H19ClN2O. The van der Waals surface area contributed by atoms with E-state index in [4.69, 9.17) is 11.6 Å². The Morgan fingerprint density at radius 2 is 2.11 bits per heavy atom. The third-order valence-electron chi connectivity index (χ3n) is 2.55. The minimum absolute atomic E-state index is 0.0952. The molecule has 18 heavy (non-hydrogen) atoms. The molecule has 0 fully saturated rings. The molecule has 0 radical (unpaired) electrons. The molecule has 0 unspecified atom stereocenters. The fourth-order valence-electron chi connectivity index (χ4n) is 1.69. The largest absolute Gasteiger partial charge is 0.375 e. The lowest BCUT2D eigenvalue weighted by molar-refractivity contribution is -0.112. The maximum Gasteiger partial charge on any atom is 0.251 e. The highest BCUT2D eigenvalue weighted by Crippen LogP contribution is 2.32. The van der Waals surface area contributed by atoms with Gasteiger partial charge in [0, 0.05) is 19.7 Å². The fourth-order valence-corrected chi connectivity index (χ4v) is 2.03. The van der Waals surface area contributed by atoms with Crippen LogP contribution in [0.15, 0.2) is 29.8 Å². The second kappa shape index (κ2) is 6.45. The predicted octanol–water partition coefficient (Wildman–Crippen LogP) is 3.70. The van der Waals surface area contributed by atoms with Gasteiger partial charge in [-0.15, -0.1) is 0 Å². The van der Waals surface area contributed by atoms with E-state index in [1.165, 1.54) is 0 Å². The third kappa shape index (κ3) is 3.50. The number of para-hydroxylation sites is 1. The van der Waals surface area contributed by atoms with Crippen LogP contribution in [0.25, 0.3) is 0 Å². The Kier molecular flexibility index (Phi) is 5.23. The molecule has 0 aliphatic rings. The quantitative estimate of drug-likeness (QED) is 0.843. The minimum atomic E-state index is -0.0952. The zero-order chi connectivity index (χ0) is 13.7. The number of nitrogens with one attached hydrogen (secondary N) is 1. The standard InChI is InChI=1S/C14H19ClN2O/c1-5-7-10(2)14(18)16-12-9-6-8-11(15)13(12)17(3)4/h6-9H,5H2,1-4H3,(H,16,18)/b10-7-. The molecule has 1 aromatic carbocycles. The summed E-state index contributed by atoms with van der Waals surface area (Å²) in [6.07, 6.45) is 2.74. The van der Waals surface area contributed by atoms with Crippen LogP contribution in [-0.2, 0) is 4.79 Å². The van der Waals surface area contributed by atoms with Gasteiger partial charge in [-0.25, -0.2) is 0 Å². The van der Waals surface area contributed by atoms with Gasteiger partial charge in [0.25, 0.3) is 5.91 Å². The second-order valence-electron chi connectivity index (χ2n) is 4.28. The number of allylic oxidation sites excluding steroid dienone is 1. The highest BCUT2D eigenvalue weighted by atomic mass is 35.5. The zero-order valence-electron chi connectivity index (χ0n) is 11.2. The highest BCUT2D eigenvalue weighted by Gasteiger charge is 2.12. The zero-order valence-corrected chi connectivity index (χ0v) is 12.0. The van der Waals surface area contributed by atoms with Gasteiger partial charge < -0.3 is 10.2 Å². The molecule has 1 aromatic rings. The van der Waals surface area contributed by atoms with Gasteiger partial charge in [0.2, 0.25) is 0 Å². The van der Waals surface area contributed by atoms with Crippen LogP contribution < -0.4 is 10.2 Å². The number of hydrogen-bond donors (Lipinski definition) is 1. The van der Waals surface area contributed by atoms with Crippen LogP contribution in [-0.4, -0.2) is 20.0 Å². The van der Waals surface area contributed by atoms with Crippen LogP contribution in [0.2, 0.25) is 5.02 Å². The third-order valence-corrected chi connectivity index (χ3v) is 2.86. The number of anilines is 2. The molecular weight excluding hydrogens is 248 g/mol. The van der Waals surface area contributed by atoms with Crippen LogP contribution in [0.4, 0.5) is 11.4 Å². The number of hydrogen-bond acceptors (Lipinski definition) is 2. The van der Waals surface area contributed by atoms with Gasteiger partial charge in [-0.05, 0) is 25.5 Å². The lowest BCUT2D eigenvalue weighted by Gasteiger charge is -2.19. The van der Waals surface area contributed by atoms with Crippen LogP contribution in [0.5, 0.6) is 0 Å². The fraction of sp³-hybridized carbons (Fsp3) is 0.357. The van der Waals surface area contributed by atoms with E-state index >= 15 is 0 Å². The number of carbonyl (C=O) groups is 1. The van der Waals surface area contributed by atoms with Crippen molar-refractivity contribution in [2.75, 3.05) is 24.3 Å². The first kappa shape index (κ1) is 14.6. The molecule has 1 rings (SSSR count). The molecule has 1 amide bonds. The molecule has 0 saturated carbocycles. The van der Waals surface area contributed by atoms with Crippen molar-refractivity contribution < 1.29 is 4.79 Å². The molecule has 98 valence electrons. The van der Waals surface area contributed by atoms with Crippen molar-refractivity contribution in [3.05, 3.63) is 34.9 Å². The number of amides is 1. The molecule has 0 spiro atoms. The SMILES string of the molecule is CC/C=C(/C)C(=O)Nc1cccc(Cl)c1N(C)C. The van der Waals surface area contributed by atoms with Gasteiger partial charge in [-0.2, -0.15) is 0 Å². The lowest BCUT2D eigenvalue weighted by atomic mass is 10.2. The number of rotatable bonds is 4. The first-order valence-electron chi connectivity index (χ1n) is 5.91. The first-order chi connectivity index (χ1) is 8.47. The van der Waals surface area contributed by atoms with E-state index < -0.39 is 0 Å². The average molecular weight is 267 g/mol. The Morgan fingerprint density at radius 3 is 2.67 bits per heavy atom. The number of benzene rings is 1. The summed E-state index contributed by atoms with van der Waals surface area (Å²) in [5.74, 6) is -0.0952. The molecule has 0 bridgehead atoms. The molecule has 0 heterocycles. The summed E-state index contributed by atoms with van der Waals surface area (Å²) >= 11 is 6.14.